The molecule has 3 aliphatic rings. The summed E-state index contributed by atoms with van der Waals surface area (Å²) in [4.78, 5) is 13.4. The Morgan fingerprint density at radius 2 is 0.798 bits per heavy atom. The summed E-state index contributed by atoms with van der Waals surface area (Å²) in [5.74, 6) is -0.293. The van der Waals surface area contributed by atoms with Crippen LogP contribution in [0.1, 0.15) is 213 Å². The zero-order valence-corrected chi connectivity index (χ0v) is 51.1. The zero-order chi connectivity index (χ0) is 61.2. The Kier molecular flexibility index (Phi) is 42.8. The summed E-state index contributed by atoms with van der Waals surface area (Å²) in [7, 11) is 0. The monoisotopic (exact) mass is 1200 g/mol. The van der Waals surface area contributed by atoms with Crippen molar-refractivity contribution in [2.45, 2.75) is 317 Å². The highest BCUT2D eigenvalue weighted by Crippen LogP contribution is 2.33. The largest absolute Gasteiger partial charge is 0.394 e. The normalized spacial score (nSPS) is 29.6. The number of aliphatic hydroxyl groups excluding tert-OH is 11. The molecule has 0 bridgehead atoms. The van der Waals surface area contributed by atoms with Gasteiger partial charge in [-0.1, -0.05) is 190 Å². The van der Waals surface area contributed by atoms with E-state index in [0.29, 0.717) is 12.8 Å². The van der Waals surface area contributed by atoms with Crippen LogP contribution in [0.5, 0.6) is 0 Å². The average Bonchev–Trinajstić information content (AvgIpc) is 2.99. The van der Waals surface area contributed by atoms with Crippen LogP contribution in [0.15, 0.2) is 60.8 Å². The van der Waals surface area contributed by atoms with E-state index in [4.69, 9.17) is 28.4 Å². The first kappa shape index (κ1) is 75.7. The van der Waals surface area contributed by atoms with Gasteiger partial charge in [0.05, 0.1) is 38.6 Å². The molecule has 0 aromatic carbocycles. The average molecular weight is 1200 g/mol. The summed E-state index contributed by atoms with van der Waals surface area (Å²) in [5.41, 5.74) is 0. The van der Waals surface area contributed by atoms with Crippen LogP contribution >= 0.6 is 0 Å². The van der Waals surface area contributed by atoms with Crippen molar-refractivity contribution in [2.75, 3.05) is 26.4 Å². The van der Waals surface area contributed by atoms with Crippen LogP contribution in [0.2, 0.25) is 0 Å². The lowest BCUT2D eigenvalue weighted by Gasteiger charge is -2.48. The number of hydrogen-bond acceptors (Lipinski definition) is 18. The Balaban J connectivity index is 1.45. The van der Waals surface area contributed by atoms with Gasteiger partial charge in [0.2, 0.25) is 5.91 Å². The van der Waals surface area contributed by atoms with Gasteiger partial charge in [-0.3, -0.25) is 4.79 Å². The van der Waals surface area contributed by atoms with Crippen molar-refractivity contribution in [3.8, 4) is 0 Å². The summed E-state index contributed by atoms with van der Waals surface area (Å²) in [5, 5.41) is 120. The van der Waals surface area contributed by atoms with Gasteiger partial charge in [-0.15, -0.1) is 0 Å². The second-order valence-corrected chi connectivity index (χ2v) is 23.2. The molecule has 17 atom stereocenters. The van der Waals surface area contributed by atoms with E-state index in [-0.39, 0.29) is 18.9 Å². The van der Waals surface area contributed by atoms with Crippen molar-refractivity contribution >= 4 is 5.91 Å². The highest BCUT2D eigenvalue weighted by molar-refractivity contribution is 5.76. The number of hydrogen-bond donors (Lipinski definition) is 12. The lowest BCUT2D eigenvalue weighted by atomic mass is 9.96. The van der Waals surface area contributed by atoms with Crippen molar-refractivity contribution in [3.63, 3.8) is 0 Å². The van der Waals surface area contributed by atoms with Gasteiger partial charge in [-0.05, 0) is 77.0 Å². The van der Waals surface area contributed by atoms with E-state index in [0.717, 1.165) is 51.4 Å². The number of unbranched alkanes of at least 4 members (excludes halogenated alkanes) is 24. The molecular weight excluding hydrogens is 1080 g/mol. The van der Waals surface area contributed by atoms with Gasteiger partial charge in [0.1, 0.15) is 73.2 Å². The molecule has 3 heterocycles. The number of aliphatic hydroxyl groups is 11. The molecule has 12 N–H and O–H groups in total. The Bertz CT molecular complexity index is 1770. The highest BCUT2D eigenvalue weighted by Gasteiger charge is 2.53. The smallest absolute Gasteiger partial charge is 0.220 e. The molecule has 19 nitrogen and oxygen atoms in total. The highest BCUT2D eigenvalue weighted by atomic mass is 16.8. The third kappa shape index (κ3) is 30.1. The van der Waals surface area contributed by atoms with Gasteiger partial charge in [-0.25, -0.2) is 0 Å². The van der Waals surface area contributed by atoms with Gasteiger partial charge in [0.15, 0.2) is 18.9 Å². The molecule has 1 amide bonds. The van der Waals surface area contributed by atoms with Crippen LogP contribution in [0.4, 0.5) is 0 Å². The molecule has 488 valence electrons. The standard InChI is InChI=1S/C65H115NO18/c1-3-5-7-9-11-13-15-17-19-20-21-22-23-24-25-26-27-28-29-31-33-35-37-39-41-43-53(71)66-48(49(70)42-40-38-36-34-32-30-18-16-14-12-10-8-6-4-2)47-79-63-59(77)56(74)61(51(45-68)81-63)84-65-60(78)57(75)62(52(46-69)82-65)83-64-58(76)55(73)54(72)50(44-67)80-64/h14-17,20-21,32,34,40,42,48-52,54-65,67-70,72-78H,3-13,18-19,22-31,33,35-39,41,43-47H2,1-2H3,(H,66,71)/b16-14+,17-15-,21-20-,34-32+,42-40+. The first-order valence-electron chi connectivity index (χ1n) is 32.5. The van der Waals surface area contributed by atoms with Crippen molar-refractivity contribution in [2.24, 2.45) is 0 Å². The third-order valence-corrected chi connectivity index (χ3v) is 16.0. The molecule has 0 aromatic heterocycles. The van der Waals surface area contributed by atoms with E-state index in [2.05, 4.69) is 67.8 Å². The first-order chi connectivity index (χ1) is 40.8. The molecule has 84 heavy (non-hydrogen) atoms. The summed E-state index contributed by atoms with van der Waals surface area (Å²) in [6.45, 7) is 1.66. The second kappa shape index (κ2) is 47.5. The van der Waals surface area contributed by atoms with Gasteiger partial charge < -0.3 is 89.9 Å². The van der Waals surface area contributed by atoms with E-state index in [1.807, 2.05) is 6.08 Å². The number of allylic oxidation sites excluding steroid dienone is 9. The van der Waals surface area contributed by atoms with E-state index < -0.39 is 124 Å². The minimum atomic E-state index is -1.98. The molecule has 19 heteroatoms. The zero-order valence-electron chi connectivity index (χ0n) is 51.1. The molecule has 3 saturated heterocycles. The van der Waals surface area contributed by atoms with Crippen LogP contribution in [0.25, 0.3) is 0 Å². The first-order valence-corrected chi connectivity index (χ1v) is 32.5. The van der Waals surface area contributed by atoms with Crippen molar-refractivity contribution in [1.82, 2.24) is 5.32 Å². The summed E-state index contributed by atoms with van der Waals surface area (Å²) >= 11 is 0. The SMILES string of the molecule is CCCCCC/C=C/CC/C=C/CC/C=C/C(O)C(COC1OC(CO)C(OC2OC(CO)C(OC3OC(CO)C(O)C(O)C3O)C(O)C2O)C(O)C1O)NC(=O)CCCCCCCCCCCCCCC/C=C\C/C=C\CCCCCCC. The molecule has 3 aliphatic heterocycles. The molecule has 0 saturated carbocycles. The van der Waals surface area contributed by atoms with E-state index in [1.165, 1.54) is 128 Å². The Labute approximate surface area is 503 Å². The number of nitrogens with one attached hydrogen (secondary N) is 1. The van der Waals surface area contributed by atoms with Gasteiger partial charge >= 0.3 is 0 Å². The molecule has 17 unspecified atom stereocenters. The minimum absolute atomic E-state index is 0.229. The molecule has 0 aromatic rings. The topological polar surface area (TPSA) is 307 Å². The maximum absolute atomic E-state index is 13.4. The van der Waals surface area contributed by atoms with Crippen LogP contribution in [0, 0.1) is 0 Å². The quantitative estimate of drug-likeness (QED) is 0.0211. The second-order valence-electron chi connectivity index (χ2n) is 23.2. The van der Waals surface area contributed by atoms with Crippen molar-refractivity contribution < 1.29 is 89.4 Å². The van der Waals surface area contributed by atoms with E-state index in [9.17, 15) is 61.0 Å². The lowest BCUT2D eigenvalue weighted by Crippen LogP contribution is -2.66. The van der Waals surface area contributed by atoms with Crippen LogP contribution in [-0.2, 0) is 33.2 Å². The van der Waals surface area contributed by atoms with Crippen molar-refractivity contribution in [3.05, 3.63) is 60.8 Å². The minimum Gasteiger partial charge on any atom is -0.394 e. The molecule has 3 fully saturated rings. The van der Waals surface area contributed by atoms with E-state index >= 15 is 0 Å². The molecule has 3 rings (SSSR count). The molecule has 0 aliphatic carbocycles. The predicted octanol–water partition coefficient (Wildman–Crippen LogP) is 7.21. The maximum Gasteiger partial charge on any atom is 0.220 e. The summed E-state index contributed by atoms with van der Waals surface area (Å²) < 4.78 is 34.2. The number of carbonyl (C=O) groups is 1. The van der Waals surface area contributed by atoms with Crippen LogP contribution in [0.3, 0.4) is 0 Å². The molecule has 0 spiro atoms. The lowest BCUT2D eigenvalue weighted by molar-refractivity contribution is -0.379. The molecule has 0 radical (unpaired) electrons. The fourth-order valence-corrected chi connectivity index (χ4v) is 10.7. The number of amides is 1. The molecular formula is C65H115NO18. The fraction of sp³-hybridized carbons (Fsp3) is 0.831. The van der Waals surface area contributed by atoms with Gasteiger partial charge in [0.25, 0.3) is 0 Å². The number of carbonyl (C=O) groups excluding carboxylic acids is 1. The number of rotatable bonds is 48. The predicted molar refractivity (Wildman–Crippen MR) is 323 cm³/mol. The van der Waals surface area contributed by atoms with Gasteiger partial charge in [-0.2, -0.15) is 0 Å². The number of ether oxygens (including phenoxy) is 6. The van der Waals surface area contributed by atoms with E-state index in [1.54, 1.807) is 6.08 Å². The fourth-order valence-electron chi connectivity index (χ4n) is 10.7. The summed E-state index contributed by atoms with van der Waals surface area (Å²) in [6, 6.07) is -0.998. The van der Waals surface area contributed by atoms with Gasteiger partial charge in [0, 0.05) is 6.42 Å². The Morgan fingerprint density at radius 1 is 0.429 bits per heavy atom. The van der Waals surface area contributed by atoms with Crippen LogP contribution < -0.4 is 5.32 Å². The van der Waals surface area contributed by atoms with Crippen molar-refractivity contribution in [1.29, 1.82) is 0 Å². The Hall–Kier alpha value is -2.51. The maximum atomic E-state index is 13.4. The summed E-state index contributed by atoms with van der Waals surface area (Å²) in [6.07, 6.45) is 29.2. The third-order valence-electron chi connectivity index (χ3n) is 16.0. The van der Waals surface area contributed by atoms with Crippen LogP contribution in [-0.4, -0.2) is 193 Å². The Morgan fingerprint density at radius 3 is 1.27 bits per heavy atom.